The van der Waals surface area contributed by atoms with E-state index in [9.17, 15) is 9.59 Å². The number of anilines is 1. The minimum absolute atomic E-state index is 0.0698. The van der Waals surface area contributed by atoms with Crippen LogP contribution in [0.5, 0.6) is 5.75 Å². The van der Waals surface area contributed by atoms with Gasteiger partial charge in [0.2, 0.25) is 5.91 Å². The lowest BCUT2D eigenvalue weighted by atomic mass is 10.0. The molecule has 3 rings (SSSR count). The first-order valence-electron chi connectivity index (χ1n) is 10.1. The highest BCUT2D eigenvalue weighted by Crippen LogP contribution is 2.31. The van der Waals surface area contributed by atoms with E-state index >= 15 is 0 Å². The number of ether oxygens (including phenoxy) is 1. The first-order valence-corrected chi connectivity index (χ1v) is 10.1. The van der Waals surface area contributed by atoms with Gasteiger partial charge in [-0.1, -0.05) is 18.7 Å². The average molecular weight is 421 g/mol. The second-order valence-electron chi connectivity index (χ2n) is 7.77. The summed E-state index contributed by atoms with van der Waals surface area (Å²) in [6, 6.07) is 10.9. The van der Waals surface area contributed by atoms with E-state index in [-0.39, 0.29) is 18.9 Å². The number of rotatable bonds is 8. The van der Waals surface area contributed by atoms with Crippen LogP contribution < -0.4 is 15.7 Å². The number of amides is 1. The van der Waals surface area contributed by atoms with Crippen molar-refractivity contribution in [3.8, 4) is 5.75 Å². The minimum Gasteiger partial charge on any atom is -0.488 e. The van der Waals surface area contributed by atoms with Crippen LogP contribution in [0.4, 0.5) is 5.69 Å². The Morgan fingerprint density at radius 2 is 1.90 bits per heavy atom. The highest BCUT2D eigenvalue weighted by molar-refractivity contribution is 5.94. The molecule has 6 nitrogen and oxygen atoms in total. The van der Waals surface area contributed by atoms with Gasteiger partial charge in [-0.05, 0) is 73.7 Å². The molecule has 6 heteroatoms. The zero-order valence-corrected chi connectivity index (χ0v) is 18.1. The van der Waals surface area contributed by atoms with Crippen LogP contribution in [-0.4, -0.2) is 24.2 Å². The fourth-order valence-corrected chi connectivity index (χ4v) is 3.41. The van der Waals surface area contributed by atoms with Crippen molar-refractivity contribution in [1.29, 1.82) is 0 Å². The van der Waals surface area contributed by atoms with Crippen molar-refractivity contribution in [3.63, 3.8) is 0 Å². The minimum atomic E-state index is -0.533. The molecule has 0 aliphatic carbocycles. The summed E-state index contributed by atoms with van der Waals surface area (Å²) in [4.78, 5) is 25.2. The van der Waals surface area contributed by atoms with E-state index in [4.69, 9.17) is 14.3 Å². The van der Waals surface area contributed by atoms with Gasteiger partial charge in [0.25, 0.3) is 0 Å². The van der Waals surface area contributed by atoms with Gasteiger partial charge in [-0.15, -0.1) is 0 Å². The molecule has 162 valence electrons. The predicted octanol–water partition coefficient (Wildman–Crippen LogP) is 4.08. The van der Waals surface area contributed by atoms with Gasteiger partial charge in [0.15, 0.2) is 0 Å². The Morgan fingerprint density at radius 3 is 2.55 bits per heavy atom. The first kappa shape index (κ1) is 22.3. The number of benzene rings is 2. The van der Waals surface area contributed by atoms with Crippen molar-refractivity contribution in [2.45, 2.75) is 33.6 Å². The zero-order valence-electron chi connectivity index (χ0n) is 18.1. The molecule has 1 aromatic heterocycles. The number of aliphatic hydroxyl groups excluding tert-OH is 1. The number of fused-ring (bicyclic) bond motifs is 1. The molecule has 2 N–H and O–H groups in total. The van der Waals surface area contributed by atoms with Crippen molar-refractivity contribution >= 4 is 22.6 Å². The number of hydrogen-bond acceptors (Lipinski definition) is 5. The molecule has 1 amide bonds. The van der Waals surface area contributed by atoms with E-state index in [1.807, 2.05) is 32.0 Å². The van der Waals surface area contributed by atoms with Gasteiger partial charge in [0.1, 0.15) is 17.9 Å². The third kappa shape index (κ3) is 5.41. The number of aryl methyl sites for hydroxylation is 2. The third-order valence-corrected chi connectivity index (χ3v) is 4.94. The molecule has 0 radical (unpaired) electrons. The van der Waals surface area contributed by atoms with Crippen LogP contribution in [0.15, 0.2) is 57.8 Å². The maximum absolute atomic E-state index is 12.6. The van der Waals surface area contributed by atoms with E-state index in [2.05, 4.69) is 11.9 Å². The van der Waals surface area contributed by atoms with Gasteiger partial charge in [0, 0.05) is 12.3 Å². The molecule has 0 bridgehead atoms. The summed E-state index contributed by atoms with van der Waals surface area (Å²) in [5.41, 5.74) is 4.23. The largest absolute Gasteiger partial charge is 0.488 e. The quantitative estimate of drug-likeness (QED) is 0.423. The van der Waals surface area contributed by atoms with E-state index in [1.54, 1.807) is 25.1 Å². The summed E-state index contributed by atoms with van der Waals surface area (Å²) in [5, 5.41) is 12.5. The normalized spacial score (nSPS) is 10.8. The smallest absolute Gasteiger partial charge is 0.340 e. The molecular weight excluding hydrogens is 394 g/mol. The maximum atomic E-state index is 12.6. The van der Waals surface area contributed by atoms with E-state index in [0.29, 0.717) is 46.6 Å². The Bertz CT molecular complexity index is 1180. The highest BCUT2D eigenvalue weighted by Gasteiger charge is 2.18. The van der Waals surface area contributed by atoms with Gasteiger partial charge in [0.05, 0.1) is 17.4 Å². The van der Waals surface area contributed by atoms with Crippen molar-refractivity contribution in [1.82, 2.24) is 0 Å². The molecule has 0 atom stereocenters. The van der Waals surface area contributed by atoms with Crippen LogP contribution in [0.2, 0.25) is 0 Å². The number of aliphatic hydroxyl groups is 1. The SMILES string of the molecule is C=C(C)COc1cc(C)cc2oc(=O)c(CC(=O)Nc3ccc(CCO)cc3)c(C)c12. The number of carbonyl (C=O) groups is 1. The molecule has 0 saturated carbocycles. The Labute approximate surface area is 181 Å². The summed E-state index contributed by atoms with van der Waals surface area (Å²) in [5.74, 6) is 0.279. The van der Waals surface area contributed by atoms with Crippen LogP contribution in [0.3, 0.4) is 0 Å². The summed E-state index contributed by atoms with van der Waals surface area (Å²) < 4.78 is 11.4. The molecular formula is C25H27NO5. The molecule has 2 aromatic carbocycles. The number of hydrogen-bond donors (Lipinski definition) is 2. The Morgan fingerprint density at radius 1 is 1.19 bits per heavy atom. The summed E-state index contributed by atoms with van der Waals surface area (Å²) in [6.07, 6.45) is 0.442. The zero-order chi connectivity index (χ0) is 22.5. The molecule has 0 saturated heterocycles. The topological polar surface area (TPSA) is 88.8 Å². The molecule has 1 heterocycles. The Kier molecular flexibility index (Phi) is 6.92. The van der Waals surface area contributed by atoms with Crippen LogP contribution in [-0.2, 0) is 17.6 Å². The molecule has 0 spiro atoms. The first-order chi connectivity index (χ1) is 14.8. The number of nitrogens with one attached hydrogen (secondary N) is 1. The lowest BCUT2D eigenvalue weighted by Crippen LogP contribution is -2.20. The monoisotopic (exact) mass is 421 g/mol. The summed E-state index contributed by atoms with van der Waals surface area (Å²) in [7, 11) is 0. The van der Waals surface area contributed by atoms with Crippen LogP contribution in [0.1, 0.15) is 29.2 Å². The van der Waals surface area contributed by atoms with E-state index < -0.39 is 5.63 Å². The summed E-state index contributed by atoms with van der Waals surface area (Å²) >= 11 is 0. The Balaban J connectivity index is 1.89. The molecule has 0 unspecified atom stereocenters. The molecule has 0 fully saturated rings. The van der Waals surface area contributed by atoms with Crippen molar-refractivity contribution < 1.29 is 19.1 Å². The van der Waals surface area contributed by atoms with Gasteiger partial charge in [-0.25, -0.2) is 4.79 Å². The molecule has 0 aliphatic heterocycles. The fourth-order valence-electron chi connectivity index (χ4n) is 3.41. The van der Waals surface area contributed by atoms with Crippen molar-refractivity contribution in [2.24, 2.45) is 0 Å². The molecule has 0 aliphatic rings. The van der Waals surface area contributed by atoms with Gasteiger partial charge >= 0.3 is 5.63 Å². The predicted molar refractivity (Wildman–Crippen MR) is 122 cm³/mol. The van der Waals surface area contributed by atoms with Crippen molar-refractivity contribution in [3.05, 3.63) is 81.2 Å². The van der Waals surface area contributed by atoms with E-state index in [0.717, 1.165) is 16.7 Å². The van der Waals surface area contributed by atoms with Crippen LogP contribution in [0, 0.1) is 13.8 Å². The van der Waals surface area contributed by atoms with E-state index in [1.165, 1.54) is 0 Å². The fraction of sp³-hybridized carbons (Fsp3) is 0.280. The molecule has 31 heavy (non-hydrogen) atoms. The molecule has 3 aromatic rings. The van der Waals surface area contributed by atoms with Crippen LogP contribution in [0.25, 0.3) is 11.0 Å². The highest BCUT2D eigenvalue weighted by atomic mass is 16.5. The summed E-state index contributed by atoms with van der Waals surface area (Å²) in [6.45, 7) is 9.84. The second kappa shape index (κ2) is 9.62. The second-order valence-corrected chi connectivity index (χ2v) is 7.77. The maximum Gasteiger partial charge on any atom is 0.340 e. The standard InChI is InChI=1S/C25H27NO5/c1-15(2)14-30-21-11-16(3)12-22-24(21)17(4)20(25(29)31-22)13-23(28)26-19-7-5-18(6-8-19)9-10-27/h5-8,11-12,27H,1,9-10,13-14H2,2-4H3,(H,26,28). The van der Waals surface area contributed by atoms with Crippen LogP contribution >= 0.6 is 0 Å². The third-order valence-electron chi connectivity index (χ3n) is 4.94. The average Bonchev–Trinajstić information content (AvgIpc) is 2.70. The lowest BCUT2D eigenvalue weighted by molar-refractivity contribution is -0.115. The number of carbonyl (C=O) groups excluding carboxylic acids is 1. The Hall–Kier alpha value is -3.38. The van der Waals surface area contributed by atoms with Gasteiger partial charge in [-0.3, -0.25) is 4.79 Å². The van der Waals surface area contributed by atoms with Crippen molar-refractivity contribution in [2.75, 3.05) is 18.5 Å². The lowest BCUT2D eigenvalue weighted by Gasteiger charge is -2.14. The van der Waals surface area contributed by atoms with Gasteiger partial charge in [-0.2, -0.15) is 0 Å². The van der Waals surface area contributed by atoms with Gasteiger partial charge < -0.3 is 19.6 Å².